The molecule has 0 unspecified atom stereocenters. The summed E-state index contributed by atoms with van der Waals surface area (Å²) in [6.07, 6.45) is 1.71. The van der Waals surface area contributed by atoms with Crippen molar-refractivity contribution in [2.45, 2.75) is 13.2 Å². The van der Waals surface area contributed by atoms with Gasteiger partial charge in [-0.05, 0) is 54.1 Å². The third kappa shape index (κ3) is 5.15. The quantitative estimate of drug-likeness (QED) is 0.400. The fraction of sp³-hybridized carbons (Fsp3) is 0.0909. The number of carbonyl (C=O) groups is 1. The predicted octanol–water partition coefficient (Wildman–Crippen LogP) is 5.26. The molecule has 0 aliphatic carbocycles. The van der Waals surface area contributed by atoms with E-state index in [-0.39, 0.29) is 18.2 Å². The van der Waals surface area contributed by atoms with Crippen LogP contribution in [0.25, 0.3) is 0 Å². The Morgan fingerprint density at radius 1 is 1.13 bits per heavy atom. The van der Waals surface area contributed by atoms with E-state index in [4.69, 9.17) is 9.15 Å². The van der Waals surface area contributed by atoms with E-state index in [9.17, 15) is 9.18 Å². The molecule has 2 aromatic heterocycles. The molecule has 0 saturated heterocycles. The lowest BCUT2D eigenvalue weighted by Gasteiger charge is -2.04. The predicted molar refractivity (Wildman–Crippen MR) is 113 cm³/mol. The first-order chi connectivity index (χ1) is 14.5. The van der Waals surface area contributed by atoms with Gasteiger partial charge in [0.25, 0.3) is 5.91 Å². The summed E-state index contributed by atoms with van der Waals surface area (Å²) in [5.41, 5.74) is 0.775. The molecule has 2 aromatic carbocycles. The number of carbonyl (C=O) groups excluding carboxylic acids is 1. The minimum atomic E-state index is -0.416. The molecule has 0 fully saturated rings. The number of hydrogen-bond acceptors (Lipinski definition) is 4. The van der Waals surface area contributed by atoms with E-state index in [2.05, 4.69) is 26.3 Å². The van der Waals surface area contributed by atoms with Crippen LogP contribution in [-0.2, 0) is 13.2 Å². The zero-order chi connectivity index (χ0) is 20.9. The summed E-state index contributed by atoms with van der Waals surface area (Å²) >= 11 is 3.37. The minimum absolute atomic E-state index is 0.157. The smallest absolute Gasteiger partial charge is 0.292 e. The maximum atomic E-state index is 13.3. The van der Waals surface area contributed by atoms with Crippen LogP contribution in [-0.4, -0.2) is 15.7 Å². The summed E-state index contributed by atoms with van der Waals surface area (Å²) in [5, 5.41) is 6.97. The molecule has 0 aliphatic rings. The third-order valence-corrected chi connectivity index (χ3v) is 4.72. The Hall–Kier alpha value is -3.39. The molecule has 152 valence electrons. The van der Waals surface area contributed by atoms with Gasteiger partial charge < -0.3 is 14.5 Å². The molecule has 0 radical (unpaired) electrons. The van der Waals surface area contributed by atoms with Crippen LogP contribution in [0.2, 0.25) is 0 Å². The average Bonchev–Trinajstić information content (AvgIpc) is 3.37. The average molecular weight is 470 g/mol. The summed E-state index contributed by atoms with van der Waals surface area (Å²) in [7, 11) is 0. The molecule has 4 rings (SSSR count). The number of aromatic nitrogens is 2. The maximum absolute atomic E-state index is 13.3. The molecule has 0 aliphatic heterocycles. The lowest BCUT2D eigenvalue weighted by atomic mass is 10.2. The highest BCUT2D eigenvalue weighted by Gasteiger charge is 2.13. The maximum Gasteiger partial charge on any atom is 0.292 e. The molecule has 0 saturated carbocycles. The fourth-order valence-electron chi connectivity index (χ4n) is 2.78. The molecule has 0 spiro atoms. The first kappa shape index (κ1) is 19.9. The number of amides is 1. The number of benzene rings is 2. The van der Waals surface area contributed by atoms with Crippen molar-refractivity contribution in [3.63, 3.8) is 0 Å². The zero-order valence-electron chi connectivity index (χ0n) is 15.7. The highest BCUT2D eigenvalue weighted by atomic mass is 79.9. The lowest BCUT2D eigenvalue weighted by molar-refractivity contribution is 0.0992. The molecule has 2 heterocycles. The molecule has 1 amide bonds. The van der Waals surface area contributed by atoms with E-state index in [0.29, 0.717) is 23.9 Å². The number of rotatable bonds is 7. The molecule has 4 aromatic rings. The number of nitrogens with zero attached hydrogens (tertiary/aromatic N) is 2. The van der Waals surface area contributed by atoms with Crippen LogP contribution in [0.3, 0.4) is 0 Å². The van der Waals surface area contributed by atoms with Gasteiger partial charge in [0.2, 0.25) is 0 Å². The molecule has 6 nitrogen and oxygen atoms in total. The topological polar surface area (TPSA) is 69.3 Å². The van der Waals surface area contributed by atoms with Crippen molar-refractivity contribution in [1.82, 2.24) is 9.78 Å². The summed E-state index contributed by atoms with van der Waals surface area (Å²) in [5.74, 6) is 1.04. The molecule has 0 atom stereocenters. The SMILES string of the molecule is O=C(Nc1ccn(Cc2cccc(F)c2)n1)c1ccc(COc2ccc(Br)cc2)o1. The Labute approximate surface area is 180 Å². The van der Waals surface area contributed by atoms with Crippen molar-refractivity contribution in [2.75, 3.05) is 5.32 Å². The van der Waals surface area contributed by atoms with Gasteiger partial charge in [0.05, 0.1) is 6.54 Å². The molecule has 30 heavy (non-hydrogen) atoms. The first-order valence-electron chi connectivity index (χ1n) is 9.11. The number of anilines is 1. The summed E-state index contributed by atoms with van der Waals surface area (Å²) in [4.78, 5) is 12.4. The molecule has 8 heteroatoms. The monoisotopic (exact) mass is 469 g/mol. The van der Waals surface area contributed by atoms with Crippen molar-refractivity contribution in [3.8, 4) is 5.75 Å². The summed E-state index contributed by atoms with van der Waals surface area (Å²) in [6.45, 7) is 0.600. The van der Waals surface area contributed by atoms with Crippen molar-refractivity contribution in [2.24, 2.45) is 0 Å². The third-order valence-electron chi connectivity index (χ3n) is 4.20. The van der Waals surface area contributed by atoms with Crippen molar-refractivity contribution < 1.29 is 18.3 Å². The van der Waals surface area contributed by atoms with Crippen molar-refractivity contribution >= 4 is 27.7 Å². The molecular weight excluding hydrogens is 453 g/mol. The number of ether oxygens (including phenoxy) is 1. The van der Waals surface area contributed by atoms with Crippen LogP contribution in [0.4, 0.5) is 10.2 Å². The number of halogens is 2. The second kappa shape index (κ2) is 8.96. The highest BCUT2D eigenvalue weighted by molar-refractivity contribution is 9.10. The zero-order valence-corrected chi connectivity index (χ0v) is 17.3. The van der Waals surface area contributed by atoms with Gasteiger partial charge in [0.15, 0.2) is 11.6 Å². The molecule has 0 bridgehead atoms. The Kier molecular flexibility index (Phi) is 5.94. The second-order valence-electron chi connectivity index (χ2n) is 6.49. The van der Waals surface area contributed by atoms with Crippen LogP contribution < -0.4 is 10.1 Å². The number of nitrogens with one attached hydrogen (secondary N) is 1. The van der Waals surface area contributed by atoms with Gasteiger partial charge in [-0.3, -0.25) is 9.48 Å². The Morgan fingerprint density at radius 2 is 1.97 bits per heavy atom. The van der Waals surface area contributed by atoms with Crippen molar-refractivity contribution in [1.29, 1.82) is 0 Å². The van der Waals surface area contributed by atoms with Gasteiger partial charge in [0, 0.05) is 16.7 Å². The normalized spacial score (nSPS) is 10.7. The Bertz CT molecular complexity index is 1150. The molecular formula is C22H17BrFN3O3. The number of hydrogen-bond donors (Lipinski definition) is 1. The van der Waals surface area contributed by atoms with Gasteiger partial charge in [-0.2, -0.15) is 5.10 Å². The largest absolute Gasteiger partial charge is 0.486 e. The number of furan rings is 1. The lowest BCUT2D eigenvalue weighted by Crippen LogP contribution is -2.12. The van der Waals surface area contributed by atoms with Crippen LogP contribution in [0, 0.1) is 5.82 Å². The van der Waals surface area contributed by atoms with E-state index in [1.165, 1.54) is 12.1 Å². The van der Waals surface area contributed by atoms with Crippen LogP contribution in [0.1, 0.15) is 21.9 Å². The second-order valence-corrected chi connectivity index (χ2v) is 7.41. The van der Waals surface area contributed by atoms with E-state index in [1.807, 2.05) is 30.3 Å². The Balaban J connectivity index is 1.33. The fourth-order valence-corrected chi connectivity index (χ4v) is 3.04. The van der Waals surface area contributed by atoms with Gasteiger partial charge in [0.1, 0.15) is 23.9 Å². The van der Waals surface area contributed by atoms with E-state index >= 15 is 0 Å². The minimum Gasteiger partial charge on any atom is -0.486 e. The summed E-state index contributed by atoms with van der Waals surface area (Å²) in [6, 6.07) is 18.7. The van der Waals surface area contributed by atoms with Gasteiger partial charge in [-0.25, -0.2) is 4.39 Å². The van der Waals surface area contributed by atoms with Gasteiger partial charge >= 0.3 is 0 Å². The van der Waals surface area contributed by atoms with Crippen LogP contribution in [0.15, 0.2) is 81.8 Å². The van der Waals surface area contributed by atoms with E-state index < -0.39 is 5.91 Å². The van der Waals surface area contributed by atoms with Gasteiger partial charge in [-0.1, -0.05) is 28.1 Å². The van der Waals surface area contributed by atoms with E-state index in [0.717, 1.165) is 10.0 Å². The summed E-state index contributed by atoms with van der Waals surface area (Å²) < 4.78 is 27.1. The molecule has 1 N–H and O–H groups in total. The standard InChI is InChI=1S/C22H17BrFN3O3/c23-16-4-6-18(7-5-16)29-14-19-8-9-20(30-19)22(28)25-21-10-11-27(26-21)13-15-2-1-3-17(24)12-15/h1-12H,13-14H2,(H,25,26,28). The van der Waals surface area contributed by atoms with Gasteiger partial charge in [-0.15, -0.1) is 0 Å². The highest BCUT2D eigenvalue weighted by Crippen LogP contribution is 2.18. The Morgan fingerprint density at radius 3 is 2.77 bits per heavy atom. The van der Waals surface area contributed by atoms with E-state index in [1.54, 1.807) is 35.1 Å². The van der Waals surface area contributed by atoms with Crippen molar-refractivity contribution in [3.05, 3.63) is 100 Å². The van der Waals surface area contributed by atoms with Crippen LogP contribution in [0.5, 0.6) is 5.75 Å². The van der Waals surface area contributed by atoms with Crippen LogP contribution >= 0.6 is 15.9 Å². The first-order valence-corrected chi connectivity index (χ1v) is 9.91.